The normalized spacial score (nSPS) is 15.7. The summed E-state index contributed by atoms with van der Waals surface area (Å²) in [5.41, 5.74) is -0.339. The van der Waals surface area contributed by atoms with E-state index in [1.165, 1.54) is 0 Å². The maximum atomic E-state index is 13.0. The van der Waals surface area contributed by atoms with Crippen molar-refractivity contribution in [2.75, 3.05) is 5.32 Å². The van der Waals surface area contributed by atoms with Crippen LogP contribution >= 0.6 is 0 Å². The Balaban J connectivity index is 2.28. The van der Waals surface area contributed by atoms with Crippen LogP contribution in [0.5, 0.6) is 0 Å². The summed E-state index contributed by atoms with van der Waals surface area (Å²) in [7, 11) is 0. The predicted molar refractivity (Wildman–Crippen MR) is 61.6 cm³/mol. The van der Waals surface area contributed by atoms with E-state index in [4.69, 9.17) is 5.11 Å². The van der Waals surface area contributed by atoms with Gasteiger partial charge in [-0.3, -0.25) is 0 Å². The van der Waals surface area contributed by atoms with Crippen LogP contribution in [0.1, 0.15) is 37.0 Å². The SMILES string of the molecule is CC(C)(Nc1ncc(F)cc1C(=O)O)C1CC1. The standard InChI is InChI=1S/C12H15FN2O2/c1-12(2,7-3-4-7)15-10-9(11(16)17)5-8(13)6-14-10/h5-7H,3-4H2,1-2H3,(H,14,15)(H,16,17). The number of aromatic carboxylic acids is 1. The summed E-state index contributed by atoms with van der Waals surface area (Å²) in [4.78, 5) is 14.8. The largest absolute Gasteiger partial charge is 0.478 e. The van der Waals surface area contributed by atoms with Gasteiger partial charge in [0.05, 0.1) is 6.20 Å². The zero-order chi connectivity index (χ0) is 12.6. The van der Waals surface area contributed by atoms with Crippen LogP contribution in [0.15, 0.2) is 12.3 Å². The molecule has 1 aromatic rings. The Morgan fingerprint density at radius 2 is 2.24 bits per heavy atom. The number of anilines is 1. The van der Waals surface area contributed by atoms with Crippen molar-refractivity contribution in [2.24, 2.45) is 5.92 Å². The second-order valence-corrected chi connectivity index (χ2v) is 4.98. The topological polar surface area (TPSA) is 62.2 Å². The van der Waals surface area contributed by atoms with Crippen LogP contribution < -0.4 is 5.32 Å². The molecule has 4 nitrogen and oxygen atoms in total. The summed E-state index contributed by atoms with van der Waals surface area (Å²) >= 11 is 0. The number of carboxylic acid groups (broad SMARTS) is 1. The molecule has 17 heavy (non-hydrogen) atoms. The molecule has 1 aliphatic rings. The Kier molecular flexibility index (Phi) is 2.77. The van der Waals surface area contributed by atoms with Crippen molar-refractivity contribution in [3.05, 3.63) is 23.6 Å². The van der Waals surface area contributed by atoms with Crippen LogP contribution in [0, 0.1) is 11.7 Å². The lowest BCUT2D eigenvalue weighted by atomic mass is 9.98. The van der Waals surface area contributed by atoms with E-state index in [1.54, 1.807) is 0 Å². The number of aromatic nitrogens is 1. The summed E-state index contributed by atoms with van der Waals surface area (Å²) in [6.45, 7) is 4.00. The van der Waals surface area contributed by atoms with Gasteiger partial charge in [-0.15, -0.1) is 0 Å². The molecular formula is C12H15FN2O2. The highest BCUT2D eigenvalue weighted by atomic mass is 19.1. The van der Waals surface area contributed by atoms with Crippen molar-refractivity contribution >= 4 is 11.8 Å². The van der Waals surface area contributed by atoms with E-state index >= 15 is 0 Å². The number of pyridine rings is 1. The minimum atomic E-state index is -1.17. The van der Waals surface area contributed by atoms with Crippen molar-refractivity contribution in [3.8, 4) is 0 Å². The van der Waals surface area contributed by atoms with Gasteiger partial charge in [0, 0.05) is 5.54 Å². The first-order valence-electron chi connectivity index (χ1n) is 5.57. The molecule has 2 N–H and O–H groups in total. The van der Waals surface area contributed by atoms with E-state index in [1.807, 2.05) is 13.8 Å². The van der Waals surface area contributed by atoms with Crippen LogP contribution in [0.2, 0.25) is 0 Å². The van der Waals surface area contributed by atoms with Crippen molar-refractivity contribution in [3.63, 3.8) is 0 Å². The molecule has 92 valence electrons. The van der Waals surface area contributed by atoms with Gasteiger partial charge in [0.2, 0.25) is 0 Å². The molecule has 2 rings (SSSR count). The smallest absolute Gasteiger partial charge is 0.339 e. The zero-order valence-corrected chi connectivity index (χ0v) is 9.83. The van der Waals surface area contributed by atoms with Gasteiger partial charge < -0.3 is 10.4 Å². The van der Waals surface area contributed by atoms with Crippen molar-refractivity contribution in [2.45, 2.75) is 32.2 Å². The van der Waals surface area contributed by atoms with Crippen molar-refractivity contribution in [1.29, 1.82) is 0 Å². The first kappa shape index (κ1) is 11.8. The molecule has 0 amide bonds. The fraction of sp³-hybridized carbons (Fsp3) is 0.500. The highest BCUT2D eigenvalue weighted by Crippen LogP contribution is 2.41. The van der Waals surface area contributed by atoms with E-state index < -0.39 is 11.8 Å². The van der Waals surface area contributed by atoms with Gasteiger partial charge in [0.25, 0.3) is 0 Å². The molecule has 0 bridgehead atoms. The molecule has 5 heteroatoms. The monoisotopic (exact) mass is 238 g/mol. The van der Waals surface area contributed by atoms with E-state index in [9.17, 15) is 9.18 Å². The van der Waals surface area contributed by atoms with Crippen LogP contribution in [-0.4, -0.2) is 21.6 Å². The fourth-order valence-electron chi connectivity index (χ4n) is 1.91. The minimum absolute atomic E-state index is 0.126. The number of nitrogens with one attached hydrogen (secondary N) is 1. The molecule has 1 saturated carbocycles. The van der Waals surface area contributed by atoms with Crippen molar-refractivity contribution in [1.82, 2.24) is 4.98 Å². The summed E-state index contributed by atoms with van der Waals surface area (Å²) in [6, 6.07) is 0.987. The molecular weight excluding hydrogens is 223 g/mol. The summed E-state index contributed by atoms with van der Waals surface area (Å²) in [6.07, 6.45) is 3.28. The van der Waals surface area contributed by atoms with Crippen LogP contribution in [-0.2, 0) is 0 Å². The molecule has 0 aliphatic heterocycles. The van der Waals surface area contributed by atoms with E-state index in [-0.39, 0.29) is 16.9 Å². The second kappa shape index (κ2) is 3.98. The molecule has 0 saturated heterocycles. The summed E-state index contributed by atoms with van der Waals surface area (Å²) in [5.74, 6) is -1.06. The lowest BCUT2D eigenvalue weighted by Gasteiger charge is -2.27. The molecule has 1 aromatic heterocycles. The van der Waals surface area contributed by atoms with Crippen LogP contribution in [0.25, 0.3) is 0 Å². The maximum absolute atomic E-state index is 13.0. The first-order chi connectivity index (χ1) is 7.90. The van der Waals surface area contributed by atoms with E-state index in [0.717, 1.165) is 25.1 Å². The second-order valence-electron chi connectivity index (χ2n) is 4.98. The number of rotatable bonds is 4. The number of halogens is 1. The average Bonchev–Trinajstić information content (AvgIpc) is 3.03. The van der Waals surface area contributed by atoms with Gasteiger partial charge in [-0.25, -0.2) is 14.2 Å². The van der Waals surface area contributed by atoms with Gasteiger partial charge >= 0.3 is 5.97 Å². The molecule has 1 aliphatic carbocycles. The number of nitrogens with zero attached hydrogens (tertiary/aromatic N) is 1. The average molecular weight is 238 g/mol. The highest BCUT2D eigenvalue weighted by molar-refractivity contribution is 5.93. The third-order valence-electron chi connectivity index (χ3n) is 3.12. The lowest BCUT2D eigenvalue weighted by Crippen LogP contribution is -2.34. The third kappa shape index (κ3) is 2.54. The molecule has 0 atom stereocenters. The van der Waals surface area contributed by atoms with Gasteiger partial charge in [-0.05, 0) is 38.7 Å². The van der Waals surface area contributed by atoms with Gasteiger partial charge in [-0.1, -0.05) is 0 Å². The highest BCUT2D eigenvalue weighted by Gasteiger charge is 2.38. The van der Waals surface area contributed by atoms with E-state index in [0.29, 0.717) is 5.92 Å². The molecule has 0 unspecified atom stereocenters. The first-order valence-corrected chi connectivity index (χ1v) is 5.57. The molecule has 1 fully saturated rings. The molecule has 0 aromatic carbocycles. The van der Waals surface area contributed by atoms with Crippen molar-refractivity contribution < 1.29 is 14.3 Å². The number of carboxylic acids is 1. The Labute approximate surface area is 98.9 Å². The number of hydrogen-bond donors (Lipinski definition) is 2. The van der Waals surface area contributed by atoms with Crippen LogP contribution in [0.4, 0.5) is 10.2 Å². The molecule has 0 radical (unpaired) electrons. The maximum Gasteiger partial charge on any atom is 0.339 e. The zero-order valence-electron chi connectivity index (χ0n) is 9.83. The molecule has 0 spiro atoms. The predicted octanol–water partition coefficient (Wildman–Crippen LogP) is 2.52. The number of hydrogen-bond acceptors (Lipinski definition) is 3. The lowest BCUT2D eigenvalue weighted by molar-refractivity contribution is 0.0697. The Morgan fingerprint density at radius 1 is 1.59 bits per heavy atom. The molecule has 1 heterocycles. The Morgan fingerprint density at radius 3 is 2.76 bits per heavy atom. The minimum Gasteiger partial charge on any atom is -0.478 e. The Hall–Kier alpha value is -1.65. The summed E-state index contributed by atoms with van der Waals surface area (Å²) < 4.78 is 13.0. The Bertz CT molecular complexity index is 456. The van der Waals surface area contributed by atoms with Gasteiger partial charge in [-0.2, -0.15) is 0 Å². The van der Waals surface area contributed by atoms with Crippen LogP contribution in [0.3, 0.4) is 0 Å². The third-order valence-corrected chi connectivity index (χ3v) is 3.12. The summed E-state index contributed by atoms with van der Waals surface area (Å²) in [5, 5.41) is 12.1. The van der Waals surface area contributed by atoms with Gasteiger partial charge in [0.1, 0.15) is 17.2 Å². The fourth-order valence-corrected chi connectivity index (χ4v) is 1.91. The quantitative estimate of drug-likeness (QED) is 0.846. The van der Waals surface area contributed by atoms with Gasteiger partial charge in [0.15, 0.2) is 0 Å². The van der Waals surface area contributed by atoms with E-state index in [2.05, 4.69) is 10.3 Å². The number of carbonyl (C=O) groups is 1.